The Morgan fingerprint density at radius 1 is 0.933 bits per heavy atom. The molecular formula is C26H40O4. The number of rotatable bonds is 1. The van der Waals surface area contributed by atoms with Gasteiger partial charge in [0, 0.05) is 6.42 Å². The van der Waals surface area contributed by atoms with Crippen LogP contribution in [0.4, 0.5) is 0 Å². The molecule has 5 aliphatic rings. The molecule has 4 heteroatoms. The van der Waals surface area contributed by atoms with Crippen LogP contribution < -0.4 is 0 Å². The molecule has 2 N–H and O–H groups in total. The van der Waals surface area contributed by atoms with Crippen LogP contribution >= 0.6 is 0 Å². The molecule has 30 heavy (non-hydrogen) atoms. The summed E-state index contributed by atoms with van der Waals surface area (Å²) in [5.41, 5.74) is 1.89. The van der Waals surface area contributed by atoms with Gasteiger partial charge in [-0.05, 0) is 92.4 Å². The van der Waals surface area contributed by atoms with Crippen LogP contribution in [0.2, 0.25) is 0 Å². The van der Waals surface area contributed by atoms with E-state index in [0.717, 1.165) is 63.2 Å². The number of aliphatic carboxylic acids is 1. The summed E-state index contributed by atoms with van der Waals surface area (Å²) in [5, 5.41) is 19.0. The summed E-state index contributed by atoms with van der Waals surface area (Å²) in [7, 11) is 0. The molecule has 0 amide bonds. The summed E-state index contributed by atoms with van der Waals surface area (Å²) in [4.78, 5) is 22.1. The maximum atomic E-state index is 11.8. The third-order valence-electron chi connectivity index (χ3n) is 9.87. The zero-order valence-corrected chi connectivity index (χ0v) is 18.9. The largest absolute Gasteiger partial charge is 0.481 e. The third-order valence-corrected chi connectivity index (χ3v) is 9.87. The van der Waals surface area contributed by atoms with Crippen molar-refractivity contribution in [1.82, 2.24) is 0 Å². The van der Waals surface area contributed by atoms with Gasteiger partial charge in [-0.15, -0.1) is 0 Å². The Morgan fingerprint density at radius 3 is 2.33 bits per heavy atom. The monoisotopic (exact) mass is 416 g/mol. The number of allylic oxidation sites excluding steroid dienone is 1. The number of fused-ring (bicyclic) bond motifs is 5. The topological polar surface area (TPSA) is 74.6 Å². The van der Waals surface area contributed by atoms with Crippen molar-refractivity contribution in [2.45, 2.75) is 103 Å². The number of aliphatic hydroxyl groups is 1. The van der Waals surface area contributed by atoms with E-state index in [1.54, 1.807) is 0 Å². The summed E-state index contributed by atoms with van der Waals surface area (Å²) in [6, 6.07) is 0. The predicted octanol–water partition coefficient (Wildman–Crippen LogP) is 5.53. The summed E-state index contributed by atoms with van der Waals surface area (Å²) >= 11 is 0. The smallest absolute Gasteiger partial charge is 0.306 e. The van der Waals surface area contributed by atoms with Crippen LogP contribution in [0.15, 0.2) is 11.6 Å². The van der Waals surface area contributed by atoms with Crippen molar-refractivity contribution < 1.29 is 19.8 Å². The molecule has 0 aromatic carbocycles. The minimum absolute atomic E-state index is 0.0289. The van der Waals surface area contributed by atoms with Crippen molar-refractivity contribution >= 4 is 11.8 Å². The second-order valence-electron chi connectivity index (χ2n) is 11.3. The predicted molar refractivity (Wildman–Crippen MR) is 117 cm³/mol. The molecule has 0 saturated heterocycles. The fourth-order valence-electron chi connectivity index (χ4n) is 7.88. The molecule has 0 aliphatic heterocycles. The normalized spacial score (nSPS) is 43.4. The SMILES string of the molecule is C[C@]12CC[C@H]3[C@@H](CCC4=CC(=O)CC[C@@]43C)[C@@H]1CC[C@@H]2O.O=C(O)C1CCCCC1. The van der Waals surface area contributed by atoms with E-state index in [2.05, 4.69) is 13.8 Å². The first kappa shape index (κ1) is 22.0. The van der Waals surface area contributed by atoms with Gasteiger partial charge in [-0.3, -0.25) is 9.59 Å². The van der Waals surface area contributed by atoms with Crippen LogP contribution in [0, 0.1) is 34.5 Å². The van der Waals surface area contributed by atoms with Crippen molar-refractivity contribution in [3.05, 3.63) is 11.6 Å². The Balaban J connectivity index is 0.000000204. The summed E-state index contributed by atoms with van der Waals surface area (Å²) in [5.74, 6) is 1.94. The van der Waals surface area contributed by atoms with Crippen molar-refractivity contribution in [2.75, 3.05) is 0 Å². The van der Waals surface area contributed by atoms with Gasteiger partial charge in [0.15, 0.2) is 5.78 Å². The lowest BCUT2D eigenvalue weighted by molar-refractivity contribution is -0.142. The summed E-state index contributed by atoms with van der Waals surface area (Å²) < 4.78 is 0. The molecule has 0 aromatic rings. The van der Waals surface area contributed by atoms with Crippen LogP contribution in [-0.2, 0) is 9.59 Å². The Kier molecular flexibility index (Phi) is 6.18. The van der Waals surface area contributed by atoms with E-state index in [9.17, 15) is 14.7 Å². The zero-order valence-electron chi connectivity index (χ0n) is 18.9. The van der Waals surface area contributed by atoms with Gasteiger partial charge in [0.1, 0.15) is 0 Å². The third kappa shape index (κ3) is 3.78. The van der Waals surface area contributed by atoms with Gasteiger partial charge in [0.25, 0.3) is 0 Å². The first-order chi connectivity index (χ1) is 14.3. The molecule has 0 spiro atoms. The lowest BCUT2D eigenvalue weighted by Crippen LogP contribution is -2.51. The lowest BCUT2D eigenvalue weighted by Gasteiger charge is -2.57. The average Bonchev–Trinajstić information content (AvgIpc) is 3.04. The molecule has 4 saturated carbocycles. The van der Waals surface area contributed by atoms with Crippen molar-refractivity contribution in [1.29, 1.82) is 0 Å². The second kappa shape index (κ2) is 8.41. The number of carbonyl (C=O) groups excluding carboxylic acids is 1. The minimum Gasteiger partial charge on any atom is -0.481 e. The highest BCUT2D eigenvalue weighted by Crippen LogP contribution is 2.65. The Morgan fingerprint density at radius 2 is 1.67 bits per heavy atom. The van der Waals surface area contributed by atoms with Crippen molar-refractivity contribution in [2.24, 2.45) is 34.5 Å². The average molecular weight is 417 g/mol. The fraction of sp³-hybridized carbons (Fsp3) is 0.846. The van der Waals surface area contributed by atoms with E-state index in [-0.39, 0.29) is 22.9 Å². The highest BCUT2D eigenvalue weighted by molar-refractivity contribution is 5.91. The quantitative estimate of drug-likeness (QED) is 0.589. The first-order valence-electron chi connectivity index (χ1n) is 12.4. The summed E-state index contributed by atoms with van der Waals surface area (Å²) in [6.07, 6.45) is 15.9. The van der Waals surface area contributed by atoms with Gasteiger partial charge in [-0.25, -0.2) is 0 Å². The fourth-order valence-corrected chi connectivity index (χ4v) is 7.88. The minimum atomic E-state index is -0.602. The zero-order chi connectivity index (χ0) is 21.5. The Bertz CT molecular complexity index is 706. The van der Waals surface area contributed by atoms with Crippen molar-refractivity contribution in [3.63, 3.8) is 0 Å². The number of aliphatic hydroxyl groups excluding tert-OH is 1. The molecule has 4 fully saturated rings. The van der Waals surface area contributed by atoms with E-state index in [1.165, 1.54) is 37.7 Å². The van der Waals surface area contributed by atoms with E-state index in [0.29, 0.717) is 11.7 Å². The van der Waals surface area contributed by atoms with Gasteiger partial charge < -0.3 is 10.2 Å². The van der Waals surface area contributed by atoms with Gasteiger partial charge in [0.2, 0.25) is 0 Å². The molecule has 0 heterocycles. The molecule has 0 aromatic heterocycles. The van der Waals surface area contributed by atoms with Gasteiger partial charge >= 0.3 is 5.97 Å². The van der Waals surface area contributed by atoms with Gasteiger partial charge in [0.05, 0.1) is 12.0 Å². The number of carboxylic acids is 1. The number of carboxylic acid groups (broad SMARTS) is 1. The maximum absolute atomic E-state index is 11.8. The van der Waals surface area contributed by atoms with Crippen LogP contribution in [0.3, 0.4) is 0 Å². The molecule has 0 unspecified atom stereocenters. The molecule has 4 nitrogen and oxygen atoms in total. The molecule has 0 bridgehead atoms. The Hall–Kier alpha value is -1.16. The van der Waals surface area contributed by atoms with Crippen LogP contribution in [0.25, 0.3) is 0 Å². The molecule has 0 radical (unpaired) electrons. The van der Waals surface area contributed by atoms with Crippen molar-refractivity contribution in [3.8, 4) is 0 Å². The van der Waals surface area contributed by atoms with E-state index >= 15 is 0 Å². The van der Waals surface area contributed by atoms with E-state index in [4.69, 9.17) is 5.11 Å². The molecule has 168 valence electrons. The number of hydrogen-bond donors (Lipinski definition) is 2. The van der Waals surface area contributed by atoms with Gasteiger partial charge in [-0.1, -0.05) is 38.7 Å². The number of hydrogen-bond acceptors (Lipinski definition) is 3. The standard InChI is InChI=1S/C19H28O2.C7H12O2/c1-18-9-7-13(20)11-12(18)3-4-14-15-5-6-17(21)19(15,2)10-8-16(14)18;8-7(9)6-4-2-1-3-5-6/h11,14-17,21H,3-10H2,1-2H3;6H,1-5H2,(H,8,9)/t14-,15-,16-,17-,18-,19-;/m0./s1. The van der Waals surface area contributed by atoms with Crippen LogP contribution in [-0.4, -0.2) is 28.1 Å². The van der Waals surface area contributed by atoms with Crippen LogP contribution in [0.5, 0.6) is 0 Å². The maximum Gasteiger partial charge on any atom is 0.306 e. The van der Waals surface area contributed by atoms with E-state index in [1.807, 2.05) is 6.08 Å². The van der Waals surface area contributed by atoms with Gasteiger partial charge in [-0.2, -0.15) is 0 Å². The Labute approximate surface area is 181 Å². The summed E-state index contributed by atoms with van der Waals surface area (Å²) in [6.45, 7) is 4.76. The number of carbonyl (C=O) groups is 2. The molecule has 5 rings (SSSR count). The number of ketones is 1. The first-order valence-corrected chi connectivity index (χ1v) is 12.4. The highest BCUT2D eigenvalue weighted by atomic mass is 16.4. The lowest BCUT2D eigenvalue weighted by atomic mass is 9.47. The molecular weight excluding hydrogens is 376 g/mol. The second-order valence-corrected chi connectivity index (χ2v) is 11.3. The highest BCUT2D eigenvalue weighted by Gasteiger charge is 2.58. The van der Waals surface area contributed by atoms with E-state index < -0.39 is 5.97 Å². The van der Waals surface area contributed by atoms with Crippen LogP contribution in [0.1, 0.15) is 97.3 Å². The molecule has 6 atom stereocenters. The molecule has 5 aliphatic carbocycles.